The molecule has 0 radical (unpaired) electrons. The van der Waals surface area contributed by atoms with Gasteiger partial charge in [-0.15, -0.1) is 0 Å². The van der Waals surface area contributed by atoms with E-state index < -0.39 is 0 Å². The van der Waals surface area contributed by atoms with Crippen molar-refractivity contribution in [1.82, 2.24) is 0 Å². The van der Waals surface area contributed by atoms with Crippen LogP contribution in [0.1, 0.15) is 18.4 Å². The number of nitrogens with one attached hydrogen (secondary N) is 2. The van der Waals surface area contributed by atoms with Crippen molar-refractivity contribution in [3.05, 3.63) is 47.9 Å². The molecule has 6 heteroatoms. The molecule has 2 amide bonds. The molecule has 0 atom stereocenters. The fourth-order valence-corrected chi connectivity index (χ4v) is 1.96. The number of rotatable bonds is 5. The van der Waals surface area contributed by atoms with Gasteiger partial charge in [-0.25, -0.2) is 0 Å². The number of furan rings is 1. The average Bonchev–Trinajstić information content (AvgIpc) is 2.90. The summed E-state index contributed by atoms with van der Waals surface area (Å²) in [5, 5.41) is 5.36. The zero-order valence-corrected chi connectivity index (χ0v) is 13.2. The number of benzene rings is 1. The molecule has 0 spiro atoms. The molecule has 1 aromatic heterocycles. The van der Waals surface area contributed by atoms with E-state index in [4.69, 9.17) is 9.15 Å². The van der Waals surface area contributed by atoms with E-state index in [-0.39, 0.29) is 11.8 Å². The third-order valence-electron chi connectivity index (χ3n) is 2.94. The summed E-state index contributed by atoms with van der Waals surface area (Å²) in [6, 6.07) is 8.58. The van der Waals surface area contributed by atoms with Crippen LogP contribution in [0.3, 0.4) is 0 Å². The molecule has 2 N–H and O–H groups in total. The smallest absolute Gasteiger partial charge is 0.248 e. The van der Waals surface area contributed by atoms with Crippen molar-refractivity contribution in [2.75, 3.05) is 17.7 Å². The Kier molecular flexibility index (Phi) is 5.19. The summed E-state index contributed by atoms with van der Waals surface area (Å²) < 4.78 is 10.6. The molecule has 0 fully saturated rings. The van der Waals surface area contributed by atoms with Gasteiger partial charge in [0.1, 0.15) is 17.3 Å². The summed E-state index contributed by atoms with van der Waals surface area (Å²) in [6.07, 6.45) is 2.94. The molecular weight excluding hydrogens is 296 g/mol. The lowest BCUT2D eigenvalue weighted by Crippen LogP contribution is -2.10. The van der Waals surface area contributed by atoms with Crippen LogP contribution in [-0.4, -0.2) is 18.9 Å². The molecule has 0 aliphatic heterocycles. The van der Waals surface area contributed by atoms with E-state index in [9.17, 15) is 9.59 Å². The van der Waals surface area contributed by atoms with Gasteiger partial charge in [0.25, 0.3) is 0 Å². The number of anilines is 2. The summed E-state index contributed by atoms with van der Waals surface area (Å²) in [5.74, 6) is 1.33. The van der Waals surface area contributed by atoms with Crippen LogP contribution in [0.5, 0.6) is 5.75 Å². The molecule has 6 nitrogen and oxygen atoms in total. The van der Waals surface area contributed by atoms with Crippen molar-refractivity contribution in [2.24, 2.45) is 0 Å². The molecular formula is C17H18N2O4. The van der Waals surface area contributed by atoms with Crippen LogP contribution >= 0.6 is 0 Å². The van der Waals surface area contributed by atoms with E-state index in [1.165, 1.54) is 20.1 Å². The molecule has 0 saturated heterocycles. The van der Waals surface area contributed by atoms with Gasteiger partial charge in [-0.1, -0.05) is 0 Å². The largest absolute Gasteiger partial charge is 0.495 e. The predicted molar refractivity (Wildman–Crippen MR) is 88.4 cm³/mol. The van der Waals surface area contributed by atoms with E-state index in [0.717, 1.165) is 5.76 Å². The van der Waals surface area contributed by atoms with Crippen LogP contribution in [0.4, 0.5) is 11.4 Å². The van der Waals surface area contributed by atoms with Gasteiger partial charge >= 0.3 is 0 Å². The molecule has 0 aliphatic rings. The molecule has 120 valence electrons. The van der Waals surface area contributed by atoms with E-state index in [1.807, 2.05) is 13.0 Å². The van der Waals surface area contributed by atoms with Crippen LogP contribution in [0.25, 0.3) is 6.08 Å². The molecule has 2 aromatic rings. The standard InChI is InChI=1S/C17H18N2O4/c1-11-4-6-14(23-11)7-9-17(21)19-15-10-13(18-12(2)20)5-8-16(15)22-3/h4-10H,1-3H3,(H,18,20)(H,19,21)/b9-7-. The fraction of sp³-hybridized carbons (Fsp3) is 0.176. The zero-order valence-electron chi connectivity index (χ0n) is 13.2. The number of carbonyl (C=O) groups is 2. The summed E-state index contributed by atoms with van der Waals surface area (Å²) in [7, 11) is 1.50. The second-order valence-electron chi connectivity index (χ2n) is 4.87. The van der Waals surface area contributed by atoms with Crippen molar-refractivity contribution in [3.8, 4) is 5.75 Å². The molecule has 0 unspecified atom stereocenters. The average molecular weight is 314 g/mol. The highest BCUT2D eigenvalue weighted by atomic mass is 16.5. The van der Waals surface area contributed by atoms with E-state index >= 15 is 0 Å². The van der Waals surface area contributed by atoms with Gasteiger partial charge in [0.2, 0.25) is 11.8 Å². The number of carbonyl (C=O) groups excluding carboxylic acids is 2. The monoisotopic (exact) mass is 314 g/mol. The topological polar surface area (TPSA) is 80.6 Å². The minimum atomic E-state index is -0.336. The van der Waals surface area contributed by atoms with Crippen molar-refractivity contribution in [3.63, 3.8) is 0 Å². The highest BCUT2D eigenvalue weighted by Gasteiger charge is 2.08. The number of methoxy groups -OCH3 is 1. The minimum absolute atomic E-state index is 0.194. The molecule has 1 heterocycles. The third kappa shape index (κ3) is 4.74. The van der Waals surface area contributed by atoms with E-state index in [1.54, 1.807) is 30.3 Å². The number of hydrogen-bond donors (Lipinski definition) is 2. The highest BCUT2D eigenvalue weighted by molar-refractivity contribution is 6.03. The maximum absolute atomic E-state index is 12.0. The summed E-state index contributed by atoms with van der Waals surface area (Å²) in [6.45, 7) is 3.24. The van der Waals surface area contributed by atoms with Crippen molar-refractivity contribution < 1.29 is 18.7 Å². The SMILES string of the molecule is COc1ccc(NC(C)=O)cc1NC(=O)/C=C\c1ccc(C)o1. The van der Waals surface area contributed by atoms with E-state index in [0.29, 0.717) is 22.9 Å². The van der Waals surface area contributed by atoms with Crippen molar-refractivity contribution in [1.29, 1.82) is 0 Å². The quantitative estimate of drug-likeness (QED) is 0.830. The lowest BCUT2D eigenvalue weighted by molar-refractivity contribution is -0.114. The first-order valence-corrected chi connectivity index (χ1v) is 6.99. The molecule has 2 rings (SSSR count). The molecule has 1 aromatic carbocycles. The Morgan fingerprint density at radius 3 is 2.57 bits per heavy atom. The Labute approximate surface area is 134 Å². The first-order valence-electron chi connectivity index (χ1n) is 6.99. The predicted octanol–water partition coefficient (Wildman–Crippen LogP) is 3.21. The lowest BCUT2D eigenvalue weighted by Gasteiger charge is -2.11. The first-order chi connectivity index (χ1) is 11.0. The second-order valence-corrected chi connectivity index (χ2v) is 4.87. The fourth-order valence-electron chi connectivity index (χ4n) is 1.96. The lowest BCUT2D eigenvalue weighted by atomic mass is 10.2. The van der Waals surface area contributed by atoms with Gasteiger partial charge in [0.05, 0.1) is 12.8 Å². The van der Waals surface area contributed by atoms with Crippen LogP contribution in [-0.2, 0) is 9.59 Å². The van der Waals surface area contributed by atoms with Gasteiger partial charge in [-0.2, -0.15) is 0 Å². The Hall–Kier alpha value is -3.02. The van der Waals surface area contributed by atoms with Gasteiger partial charge in [-0.05, 0) is 43.3 Å². The Balaban J connectivity index is 2.12. The van der Waals surface area contributed by atoms with Gasteiger partial charge < -0.3 is 19.8 Å². The summed E-state index contributed by atoms with van der Waals surface area (Å²) >= 11 is 0. The second kappa shape index (κ2) is 7.31. The third-order valence-corrected chi connectivity index (χ3v) is 2.94. The van der Waals surface area contributed by atoms with Crippen LogP contribution in [0.15, 0.2) is 40.8 Å². The Morgan fingerprint density at radius 1 is 1.17 bits per heavy atom. The highest BCUT2D eigenvalue weighted by Crippen LogP contribution is 2.27. The summed E-state index contributed by atoms with van der Waals surface area (Å²) in [4.78, 5) is 23.1. The normalized spacial score (nSPS) is 10.6. The number of amides is 2. The minimum Gasteiger partial charge on any atom is -0.495 e. The number of hydrogen-bond acceptors (Lipinski definition) is 4. The van der Waals surface area contributed by atoms with Crippen LogP contribution in [0, 0.1) is 6.92 Å². The van der Waals surface area contributed by atoms with Crippen molar-refractivity contribution >= 4 is 29.3 Å². The zero-order chi connectivity index (χ0) is 16.8. The molecule has 0 aliphatic carbocycles. The number of aryl methyl sites for hydroxylation is 1. The van der Waals surface area contributed by atoms with Crippen LogP contribution < -0.4 is 15.4 Å². The molecule has 23 heavy (non-hydrogen) atoms. The van der Waals surface area contributed by atoms with Gasteiger partial charge in [0.15, 0.2) is 0 Å². The van der Waals surface area contributed by atoms with Crippen molar-refractivity contribution in [2.45, 2.75) is 13.8 Å². The Morgan fingerprint density at radius 2 is 1.96 bits per heavy atom. The maximum atomic E-state index is 12.0. The molecule has 0 bridgehead atoms. The number of ether oxygens (including phenoxy) is 1. The molecule has 0 saturated carbocycles. The van der Waals surface area contributed by atoms with Gasteiger partial charge in [0, 0.05) is 18.7 Å². The van der Waals surface area contributed by atoms with Gasteiger partial charge in [-0.3, -0.25) is 9.59 Å². The first kappa shape index (κ1) is 16.4. The Bertz CT molecular complexity index is 747. The maximum Gasteiger partial charge on any atom is 0.248 e. The van der Waals surface area contributed by atoms with E-state index in [2.05, 4.69) is 10.6 Å². The summed E-state index contributed by atoms with van der Waals surface area (Å²) in [5.41, 5.74) is 1.03. The van der Waals surface area contributed by atoms with Crippen LogP contribution in [0.2, 0.25) is 0 Å².